The predicted molar refractivity (Wildman–Crippen MR) is 123 cm³/mol. The summed E-state index contributed by atoms with van der Waals surface area (Å²) in [5.74, 6) is -1.07. The molecule has 3 aromatic heterocycles. The highest BCUT2D eigenvalue weighted by Gasteiger charge is 2.36. The Bertz CT molecular complexity index is 1470. The molecule has 0 radical (unpaired) electrons. The van der Waals surface area contributed by atoms with E-state index in [1.165, 1.54) is 35.2 Å². The Morgan fingerprint density at radius 3 is 2.39 bits per heavy atom. The standard InChI is InChI=1S/C18H17F2N3O.C5H4F3N3O/c1-2-3-4-7-23-11-22-17-9-13(15(20)8-14(17)18(23)24)16-6-5-12(19)10-21-16;6-5(7,8)3-2(9)1-10-11-4(3)12/h5-6,8-11H,2-4,7H2,1H3;1H,(H3,9,11,12). The molecule has 0 aliphatic carbocycles. The molecule has 0 amide bonds. The third-order valence-corrected chi connectivity index (χ3v) is 5.09. The monoisotopic (exact) mass is 508 g/mol. The van der Waals surface area contributed by atoms with Gasteiger partial charge in [0.25, 0.3) is 11.1 Å². The fraction of sp³-hybridized carbons (Fsp3) is 0.261. The number of fused-ring (bicyclic) bond motifs is 1. The molecule has 36 heavy (non-hydrogen) atoms. The molecule has 0 fully saturated rings. The molecular weight excluding hydrogens is 487 g/mol. The van der Waals surface area contributed by atoms with Gasteiger partial charge in [0, 0.05) is 12.1 Å². The van der Waals surface area contributed by atoms with Crippen molar-refractivity contribution in [2.45, 2.75) is 38.9 Å². The number of nitrogens with one attached hydrogen (secondary N) is 1. The van der Waals surface area contributed by atoms with Gasteiger partial charge in [0.15, 0.2) is 0 Å². The summed E-state index contributed by atoms with van der Waals surface area (Å²) in [5.41, 5.74) is 2.12. The Morgan fingerprint density at radius 1 is 1.06 bits per heavy atom. The molecule has 0 spiro atoms. The highest BCUT2D eigenvalue weighted by Crippen LogP contribution is 2.29. The number of hydrogen-bond donors (Lipinski definition) is 2. The van der Waals surface area contributed by atoms with Gasteiger partial charge in [-0.25, -0.2) is 18.9 Å². The Balaban J connectivity index is 0.000000253. The maximum absolute atomic E-state index is 14.4. The second-order valence-electron chi connectivity index (χ2n) is 7.69. The lowest BCUT2D eigenvalue weighted by Gasteiger charge is -2.08. The molecule has 190 valence electrons. The summed E-state index contributed by atoms with van der Waals surface area (Å²) in [6, 6.07) is 5.26. The molecule has 0 atom stereocenters. The number of nitrogen functional groups attached to an aromatic ring is 1. The molecule has 3 N–H and O–H groups in total. The van der Waals surface area contributed by atoms with Crippen LogP contribution in [-0.2, 0) is 12.7 Å². The predicted octanol–water partition coefficient (Wildman–Crippen LogP) is 4.30. The molecule has 0 aliphatic heterocycles. The lowest BCUT2D eigenvalue weighted by Crippen LogP contribution is -2.24. The zero-order valence-electron chi connectivity index (χ0n) is 18.9. The van der Waals surface area contributed by atoms with Gasteiger partial charge in [-0.05, 0) is 30.7 Å². The Hall–Kier alpha value is -4.16. The van der Waals surface area contributed by atoms with E-state index < -0.39 is 34.6 Å². The summed E-state index contributed by atoms with van der Waals surface area (Å²) in [5, 5.41) is 4.97. The largest absolute Gasteiger partial charge is 0.423 e. The van der Waals surface area contributed by atoms with Crippen LogP contribution in [0.5, 0.6) is 0 Å². The van der Waals surface area contributed by atoms with Crippen LogP contribution in [0.3, 0.4) is 0 Å². The first-order valence-electron chi connectivity index (χ1n) is 10.7. The number of benzene rings is 1. The zero-order valence-corrected chi connectivity index (χ0v) is 18.9. The van der Waals surface area contributed by atoms with Gasteiger partial charge in [0.1, 0.15) is 17.2 Å². The lowest BCUT2D eigenvalue weighted by molar-refractivity contribution is -0.138. The van der Waals surface area contributed by atoms with Crippen LogP contribution in [0.2, 0.25) is 0 Å². The van der Waals surface area contributed by atoms with Gasteiger partial charge in [0.2, 0.25) is 0 Å². The first kappa shape index (κ1) is 26.4. The number of pyridine rings is 1. The Morgan fingerprint density at radius 2 is 1.81 bits per heavy atom. The third-order valence-electron chi connectivity index (χ3n) is 5.09. The van der Waals surface area contributed by atoms with E-state index in [-0.39, 0.29) is 16.5 Å². The van der Waals surface area contributed by atoms with Crippen molar-refractivity contribution in [1.29, 1.82) is 0 Å². The summed E-state index contributed by atoms with van der Waals surface area (Å²) in [7, 11) is 0. The fourth-order valence-corrected chi connectivity index (χ4v) is 3.31. The van der Waals surface area contributed by atoms with E-state index in [1.54, 1.807) is 5.10 Å². The highest BCUT2D eigenvalue weighted by atomic mass is 19.4. The molecule has 4 aromatic rings. The van der Waals surface area contributed by atoms with Crippen molar-refractivity contribution in [2.24, 2.45) is 0 Å². The van der Waals surface area contributed by atoms with Crippen molar-refractivity contribution >= 4 is 16.6 Å². The molecule has 4 rings (SSSR count). The van der Waals surface area contributed by atoms with Crippen molar-refractivity contribution in [3.05, 3.63) is 80.9 Å². The van der Waals surface area contributed by atoms with Crippen molar-refractivity contribution in [2.75, 3.05) is 5.73 Å². The van der Waals surface area contributed by atoms with Crippen molar-refractivity contribution in [1.82, 2.24) is 24.7 Å². The van der Waals surface area contributed by atoms with Crippen LogP contribution in [0.1, 0.15) is 31.7 Å². The molecule has 0 bridgehead atoms. The van der Waals surface area contributed by atoms with Crippen molar-refractivity contribution in [3.63, 3.8) is 0 Å². The molecule has 0 unspecified atom stereocenters. The number of rotatable bonds is 5. The number of aryl methyl sites for hydroxylation is 1. The van der Waals surface area contributed by atoms with Gasteiger partial charge in [-0.15, -0.1) is 0 Å². The van der Waals surface area contributed by atoms with Gasteiger partial charge in [0.05, 0.1) is 41.0 Å². The first-order chi connectivity index (χ1) is 17.0. The third kappa shape index (κ3) is 6.09. The topological polar surface area (TPSA) is 120 Å². The summed E-state index contributed by atoms with van der Waals surface area (Å²) in [4.78, 5) is 31.2. The zero-order chi connectivity index (χ0) is 26.5. The molecule has 13 heteroatoms. The molecule has 3 heterocycles. The molecule has 0 saturated carbocycles. The minimum Gasteiger partial charge on any atom is -0.397 e. The number of halogens is 5. The molecular formula is C23H21F5N6O2. The van der Waals surface area contributed by atoms with Crippen molar-refractivity contribution in [3.8, 4) is 11.3 Å². The molecule has 1 aromatic carbocycles. The summed E-state index contributed by atoms with van der Waals surface area (Å²) < 4.78 is 64.8. The molecule has 0 aliphatic rings. The van der Waals surface area contributed by atoms with Crippen LogP contribution in [0, 0.1) is 11.6 Å². The number of nitrogens with zero attached hydrogens (tertiary/aromatic N) is 4. The van der Waals surface area contributed by atoms with E-state index in [4.69, 9.17) is 5.73 Å². The van der Waals surface area contributed by atoms with Gasteiger partial charge < -0.3 is 5.73 Å². The van der Waals surface area contributed by atoms with E-state index in [1.807, 2.05) is 0 Å². The van der Waals surface area contributed by atoms with E-state index in [0.29, 0.717) is 17.8 Å². The average molecular weight is 508 g/mol. The number of aromatic nitrogens is 5. The van der Waals surface area contributed by atoms with Gasteiger partial charge >= 0.3 is 6.18 Å². The maximum atomic E-state index is 14.4. The van der Waals surface area contributed by atoms with Crippen LogP contribution in [0.15, 0.2) is 52.6 Å². The highest BCUT2D eigenvalue weighted by molar-refractivity contribution is 5.83. The van der Waals surface area contributed by atoms with Crippen LogP contribution >= 0.6 is 0 Å². The number of nitrogens with two attached hydrogens (primary N) is 1. The molecule has 8 nitrogen and oxygen atoms in total. The maximum Gasteiger partial charge on any atom is 0.423 e. The van der Waals surface area contributed by atoms with Crippen LogP contribution in [0.4, 0.5) is 27.6 Å². The van der Waals surface area contributed by atoms with Gasteiger partial charge in [-0.2, -0.15) is 18.3 Å². The van der Waals surface area contributed by atoms with Crippen LogP contribution in [-0.4, -0.2) is 24.7 Å². The second kappa shape index (κ2) is 11.1. The lowest BCUT2D eigenvalue weighted by atomic mass is 10.1. The number of H-pyrrole nitrogens is 1. The number of unbranched alkanes of at least 4 members (excludes halogenated alkanes) is 2. The number of aromatic amines is 1. The van der Waals surface area contributed by atoms with E-state index in [0.717, 1.165) is 31.7 Å². The summed E-state index contributed by atoms with van der Waals surface area (Å²) in [6.45, 7) is 2.65. The first-order valence-corrected chi connectivity index (χ1v) is 10.7. The second-order valence-corrected chi connectivity index (χ2v) is 7.69. The minimum absolute atomic E-state index is 0.193. The van der Waals surface area contributed by atoms with Crippen molar-refractivity contribution < 1.29 is 22.0 Å². The summed E-state index contributed by atoms with van der Waals surface area (Å²) in [6.07, 6.45) is 1.47. The van der Waals surface area contributed by atoms with Gasteiger partial charge in [-0.3, -0.25) is 19.1 Å². The van der Waals surface area contributed by atoms with E-state index in [2.05, 4.69) is 22.0 Å². The fourth-order valence-electron chi connectivity index (χ4n) is 3.31. The van der Waals surface area contributed by atoms with E-state index >= 15 is 0 Å². The number of alkyl halides is 3. The smallest absolute Gasteiger partial charge is 0.397 e. The van der Waals surface area contributed by atoms with E-state index in [9.17, 15) is 31.5 Å². The average Bonchev–Trinajstić information content (AvgIpc) is 2.81. The molecule has 0 saturated heterocycles. The number of anilines is 1. The van der Waals surface area contributed by atoms with Crippen LogP contribution in [0.25, 0.3) is 22.2 Å². The van der Waals surface area contributed by atoms with Gasteiger partial charge in [-0.1, -0.05) is 19.8 Å². The normalized spacial score (nSPS) is 11.3. The quantitative estimate of drug-likeness (QED) is 0.307. The Labute approximate surface area is 200 Å². The SMILES string of the molecule is CCCCCn1cnc2cc(-c3ccc(F)cn3)c(F)cc2c1=O.Nc1cn[nH]c(=O)c1C(F)(F)F. The van der Waals surface area contributed by atoms with Crippen LogP contribution < -0.4 is 16.9 Å². The minimum atomic E-state index is -4.74. The Kier molecular flexibility index (Phi) is 8.12. The summed E-state index contributed by atoms with van der Waals surface area (Å²) >= 11 is 0. The number of hydrogen-bond acceptors (Lipinski definition) is 6.